The van der Waals surface area contributed by atoms with E-state index in [-0.39, 0.29) is 17.3 Å². The number of hydrogen-bond acceptors (Lipinski definition) is 5. The average Bonchev–Trinajstić information content (AvgIpc) is 2.99. The van der Waals surface area contributed by atoms with Gasteiger partial charge in [0.05, 0.1) is 18.1 Å². The summed E-state index contributed by atoms with van der Waals surface area (Å²) in [6, 6.07) is 4.83. The lowest BCUT2D eigenvalue weighted by atomic mass is 10.1. The first kappa shape index (κ1) is 21.0. The van der Waals surface area contributed by atoms with Gasteiger partial charge in [0.15, 0.2) is 11.5 Å². The quantitative estimate of drug-likeness (QED) is 0.750. The van der Waals surface area contributed by atoms with Crippen molar-refractivity contribution in [1.82, 2.24) is 9.62 Å². The van der Waals surface area contributed by atoms with Crippen molar-refractivity contribution >= 4 is 22.4 Å². The number of nitrogens with one attached hydrogen (secondary N) is 1. The van der Waals surface area contributed by atoms with Gasteiger partial charge in [-0.2, -0.15) is 4.31 Å². The highest BCUT2D eigenvalue weighted by atomic mass is 35.5. The molecule has 1 saturated heterocycles. The molecule has 0 aliphatic carbocycles. The predicted molar refractivity (Wildman–Crippen MR) is 96.8 cm³/mol. The summed E-state index contributed by atoms with van der Waals surface area (Å²) in [5.74, 6) is 1.41. The van der Waals surface area contributed by atoms with E-state index in [1.54, 1.807) is 22.5 Å². The molecule has 0 aromatic heterocycles. The Morgan fingerprint density at radius 3 is 2.50 bits per heavy atom. The van der Waals surface area contributed by atoms with Crippen LogP contribution >= 0.6 is 12.4 Å². The van der Waals surface area contributed by atoms with E-state index in [0.717, 1.165) is 13.0 Å². The Hall–Kier alpha value is -1.02. The number of sulfonamides is 1. The lowest BCUT2D eigenvalue weighted by molar-refractivity contribution is 0.287. The smallest absolute Gasteiger partial charge is 0.243 e. The highest BCUT2D eigenvalue weighted by molar-refractivity contribution is 7.89. The van der Waals surface area contributed by atoms with Gasteiger partial charge < -0.3 is 14.8 Å². The molecular weight excluding hydrogens is 352 g/mol. The highest BCUT2D eigenvalue weighted by Crippen LogP contribution is 2.32. The number of halogens is 1. The van der Waals surface area contributed by atoms with Crippen molar-refractivity contribution in [2.24, 2.45) is 5.92 Å². The van der Waals surface area contributed by atoms with Crippen LogP contribution in [0.1, 0.15) is 20.3 Å². The summed E-state index contributed by atoms with van der Waals surface area (Å²) in [5.41, 5.74) is 0. The minimum Gasteiger partial charge on any atom is -0.490 e. The van der Waals surface area contributed by atoms with Crippen LogP contribution in [0.3, 0.4) is 0 Å². The Labute approximate surface area is 151 Å². The van der Waals surface area contributed by atoms with Gasteiger partial charge in [0.2, 0.25) is 10.0 Å². The van der Waals surface area contributed by atoms with Crippen LogP contribution in [-0.2, 0) is 10.0 Å². The average molecular weight is 379 g/mol. The third-order valence-electron chi connectivity index (χ3n) is 3.89. The molecule has 1 atom stereocenters. The Balaban J connectivity index is 0.00000288. The Kier molecular flexibility index (Phi) is 8.29. The summed E-state index contributed by atoms with van der Waals surface area (Å²) in [4.78, 5) is 0.259. The number of ether oxygens (including phenoxy) is 2. The molecular formula is C16H27ClN2O4S. The maximum Gasteiger partial charge on any atom is 0.243 e. The van der Waals surface area contributed by atoms with Crippen molar-refractivity contribution in [2.75, 3.05) is 39.9 Å². The molecule has 0 bridgehead atoms. The van der Waals surface area contributed by atoms with Gasteiger partial charge >= 0.3 is 0 Å². The predicted octanol–water partition coefficient (Wildman–Crippen LogP) is 2.14. The fourth-order valence-electron chi connectivity index (χ4n) is 2.81. The van der Waals surface area contributed by atoms with E-state index in [9.17, 15) is 8.42 Å². The van der Waals surface area contributed by atoms with Crippen molar-refractivity contribution < 1.29 is 17.9 Å². The molecule has 1 aliphatic rings. The monoisotopic (exact) mass is 378 g/mol. The number of rotatable bonds is 8. The zero-order valence-corrected chi connectivity index (χ0v) is 16.1. The topological polar surface area (TPSA) is 67.9 Å². The van der Waals surface area contributed by atoms with Crippen molar-refractivity contribution in [3.63, 3.8) is 0 Å². The van der Waals surface area contributed by atoms with Crippen molar-refractivity contribution in [2.45, 2.75) is 25.2 Å². The molecule has 8 heteroatoms. The van der Waals surface area contributed by atoms with Crippen LogP contribution in [0.5, 0.6) is 11.5 Å². The molecule has 1 aromatic carbocycles. The summed E-state index contributed by atoms with van der Waals surface area (Å²) < 4.78 is 38.2. The van der Waals surface area contributed by atoms with Crippen LogP contribution in [-0.4, -0.2) is 52.6 Å². The molecule has 1 heterocycles. The van der Waals surface area contributed by atoms with Gasteiger partial charge in [-0.05, 0) is 51.9 Å². The van der Waals surface area contributed by atoms with Gasteiger partial charge in [-0.1, -0.05) is 0 Å². The van der Waals surface area contributed by atoms with Crippen LogP contribution in [0.2, 0.25) is 0 Å². The van der Waals surface area contributed by atoms with E-state index in [1.165, 1.54) is 0 Å². The van der Waals surface area contributed by atoms with Gasteiger partial charge in [-0.3, -0.25) is 0 Å². The molecule has 1 unspecified atom stereocenters. The molecule has 0 amide bonds. The van der Waals surface area contributed by atoms with E-state index in [2.05, 4.69) is 5.32 Å². The minimum absolute atomic E-state index is 0. The van der Waals surface area contributed by atoms with E-state index >= 15 is 0 Å². The van der Waals surface area contributed by atoms with Gasteiger partial charge in [-0.25, -0.2) is 8.42 Å². The second-order valence-electron chi connectivity index (χ2n) is 5.55. The third-order valence-corrected chi connectivity index (χ3v) is 5.76. The van der Waals surface area contributed by atoms with Crippen molar-refractivity contribution in [1.29, 1.82) is 0 Å². The largest absolute Gasteiger partial charge is 0.490 e. The third kappa shape index (κ3) is 4.75. The molecule has 1 fully saturated rings. The first-order valence-corrected chi connectivity index (χ1v) is 9.51. The Morgan fingerprint density at radius 1 is 1.21 bits per heavy atom. The number of benzene rings is 1. The molecule has 2 rings (SSSR count). The SMILES string of the molecule is CCOc1ccc(S(=O)(=O)N2CCC(CNC)C2)cc1OCC.Cl. The molecule has 1 aromatic rings. The zero-order valence-electron chi connectivity index (χ0n) is 14.4. The van der Waals surface area contributed by atoms with E-state index in [4.69, 9.17) is 9.47 Å². The maximum absolute atomic E-state index is 12.8. The first-order valence-electron chi connectivity index (χ1n) is 8.07. The summed E-state index contributed by atoms with van der Waals surface area (Å²) in [6.07, 6.45) is 0.884. The molecule has 0 saturated carbocycles. The van der Waals surface area contributed by atoms with Crippen molar-refractivity contribution in [3.8, 4) is 11.5 Å². The lowest BCUT2D eigenvalue weighted by Gasteiger charge is -2.18. The van der Waals surface area contributed by atoms with Crippen molar-refractivity contribution in [3.05, 3.63) is 18.2 Å². The summed E-state index contributed by atoms with van der Waals surface area (Å²) >= 11 is 0. The highest BCUT2D eigenvalue weighted by Gasteiger charge is 2.32. The fourth-order valence-corrected chi connectivity index (χ4v) is 4.36. The molecule has 24 heavy (non-hydrogen) atoms. The van der Waals surface area contributed by atoms with Crippen LogP contribution in [0.15, 0.2) is 23.1 Å². The molecule has 138 valence electrons. The van der Waals surface area contributed by atoms with E-state index < -0.39 is 10.0 Å². The summed E-state index contributed by atoms with van der Waals surface area (Å²) in [5, 5.41) is 3.11. The van der Waals surface area contributed by atoms with Gasteiger partial charge in [0, 0.05) is 19.2 Å². The molecule has 1 aliphatic heterocycles. The van der Waals surface area contributed by atoms with Crippen LogP contribution in [0, 0.1) is 5.92 Å². The molecule has 0 spiro atoms. The molecule has 1 N–H and O–H groups in total. The van der Waals surface area contributed by atoms with Gasteiger partial charge in [-0.15, -0.1) is 12.4 Å². The standard InChI is InChI=1S/C16H26N2O4S.ClH/c1-4-21-15-7-6-14(10-16(15)22-5-2)23(19,20)18-9-8-13(12-18)11-17-3;/h6-7,10,13,17H,4-5,8-9,11-12H2,1-3H3;1H. The van der Waals surface area contributed by atoms with Gasteiger partial charge in [0.1, 0.15) is 0 Å². The minimum atomic E-state index is -3.49. The number of hydrogen-bond donors (Lipinski definition) is 1. The first-order chi connectivity index (χ1) is 11.0. The van der Waals surface area contributed by atoms with Gasteiger partial charge in [0.25, 0.3) is 0 Å². The molecule has 6 nitrogen and oxygen atoms in total. The second-order valence-corrected chi connectivity index (χ2v) is 7.49. The van der Waals surface area contributed by atoms with E-state index in [0.29, 0.717) is 43.7 Å². The molecule has 0 radical (unpaired) electrons. The number of nitrogens with zero attached hydrogens (tertiary/aromatic N) is 1. The zero-order chi connectivity index (χ0) is 16.9. The Morgan fingerprint density at radius 2 is 1.88 bits per heavy atom. The Bertz CT molecular complexity index is 625. The summed E-state index contributed by atoms with van der Waals surface area (Å²) in [7, 11) is -1.61. The normalized spacial score (nSPS) is 18.2. The summed E-state index contributed by atoms with van der Waals surface area (Å²) in [6.45, 7) is 6.65. The van der Waals surface area contributed by atoms with Crippen LogP contribution in [0.4, 0.5) is 0 Å². The van der Waals surface area contributed by atoms with E-state index in [1.807, 2.05) is 20.9 Å². The second kappa shape index (κ2) is 9.46. The lowest BCUT2D eigenvalue weighted by Crippen LogP contribution is -2.30. The van der Waals surface area contributed by atoms with Crippen LogP contribution in [0.25, 0.3) is 0 Å². The fraction of sp³-hybridized carbons (Fsp3) is 0.625. The maximum atomic E-state index is 12.8. The van der Waals surface area contributed by atoms with Crippen LogP contribution < -0.4 is 14.8 Å².